The Morgan fingerprint density at radius 3 is 2.67 bits per heavy atom. The van der Waals surface area contributed by atoms with E-state index >= 15 is 0 Å². The van der Waals surface area contributed by atoms with Crippen molar-refractivity contribution >= 4 is 27.3 Å². The van der Waals surface area contributed by atoms with Crippen molar-refractivity contribution in [3.8, 4) is 34.7 Å². The van der Waals surface area contributed by atoms with E-state index in [0.29, 0.717) is 34.0 Å². The van der Waals surface area contributed by atoms with Crippen LogP contribution in [0.2, 0.25) is 0 Å². The zero-order valence-corrected chi connectivity index (χ0v) is 22.3. The number of nitrogens with one attached hydrogen (secondary N) is 1. The van der Waals surface area contributed by atoms with Gasteiger partial charge in [-0.2, -0.15) is 5.26 Å². The third-order valence-electron chi connectivity index (χ3n) is 6.06. The molecular weight excluding hydrogens is 540 g/mol. The van der Waals surface area contributed by atoms with Gasteiger partial charge in [0.25, 0.3) is 0 Å². The number of aromatic amines is 1. The highest BCUT2D eigenvalue weighted by molar-refractivity contribution is 9.10. The van der Waals surface area contributed by atoms with E-state index in [2.05, 4.69) is 52.1 Å². The van der Waals surface area contributed by atoms with Gasteiger partial charge in [0, 0.05) is 15.3 Å². The lowest BCUT2D eigenvalue weighted by molar-refractivity contribution is 0.282. The first-order valence-corrected chi connectivity index (χ1v) is 12.8. The number of hydrogen-bond acceptors (Lipinski definition) is 7. The Morgan fingerprint density at radius 2 is 2.00 bits per heavy atom. The second kappa shape index (κ2) is 9.72. The smallest absolute Gasteiger partial charge is 0.244 e. The number of nitriles is 1. The predicted octanol–water partition coefficient (Wildman–Crippen LogP) is 6.32. The SMILES string of the molecule is COc1cc([C@@H]2C(C#N)=C(N)Oc3n[nH]c(-c4cc(C)sc4C)c32)cc(Br)c1OCc1ccccc1. The van der Waals surface area contributed by atoms with Crippen molar-refractivity contribution in [2.24, 2.45) is 5.73 Å². The average molecular weight is 563 g/mol. The summed E-state index contributed by atoms with van der Waals surface area (Å²) in [4.78, 5) is 2.32. The number of nitrogens with zero attached hydrogens (tertiary/aromatic N) is 2. The second-order valence-corrected chi connectivity index (χ2v) is 10.7. The highest BCUT2D eigenvalue weighted by Gasteiger charge is 2.37. The van der Waals surface area contributed by atoms with E-state index in [9.17, 15) is 5.26 Å². The standard InChI is InChI=1S/C27H23BrN4O3S/c1-14-9-18(15(2)36-14)24-23-22(19(12-29)26(30)35-27(23)32-31-24)17-10-20(28)25(21(11-17)33-3)34-13-16-7-5-4-6-8-16/h4-11,22H,13,30H2,1-3H3,(H,31,32)/t22-/m1/s1. The zero-order chi connectivity index (χ0) is 25.4. The highest BCUT2D eigenvalue weighted by atomic mass is 79.9. The Labute approximate surface area is 221 Å². The quantitative estimate of drug-likeness (QED) is 0.284. The molecule has 9 heteroatoms. The van der Waals surface area contributed by atoms with Crippen molar-refractivity contribution in [3.63, 3.8) is 0 Å². The maximum atomic E-state index is 10.1. The van der Waals surface area contributed by atoms with Gasteiger partial charge in [-0.15, -0.1) is 16.4 Å². The summed E-state index contributed by atoms with van der Waals surface area (Å²) in [5.41, 5.74) is 10.9. The van der Waals surface area contributed by atoms with Crippen LogP contribution in [0.15, 0.2) is 64.5 Å². The molecule has 0 radical (unpaired) electrons. The van der Waals surface area contributed by atoms with Crippen molar-refractivity contribution in [2.45, 2.75) is 26.4 Å². The third kappa shape index (κ3) is 4.23. The summed E-state index contributed by atoms with van der Waals surface area (Å²) in [6.07, 6.45) is 0. The molecule has 182 valence electrons. The Kier molecular flexibility index (Phi) is 6.48. The van der Waals surface area contributed by atoms with Crippen LogP contribution in [0.5, 0.6) is 17.4 Å². The van der Waals surface area contributed by atoms with E-state index in [1.54, 1.807) is 18.4 Å². The molecule has 0 saturated carbocycles. The molecule has 2 aromatic carbocycles. The zero-order valence-electron chi connectivity index (χ0n) is 19.9. The van der Waals surface area contributed by atoms with E-state index in [1.807, 2.05) is 42.5 Å². The van der Waals surface area contributed by atoms with Gasteiger partial charge in [0.05, 0.1) is 28.8 Å². The number of ether oxygens (including phenoxy) is 3. The van der Waals surface area contributed by atoms with E-state index in [0.717, 1.165) is 32.8 Å². The summed E-state index contributed by atoms with van der Waals surface area (Å²) >= 11 is 5.36. The van der Waals surface area contributed by atoms with Gasteiger partial charge < -0.3 is 19.9 Å². The average Bonchev–Trinajstić information content (AvgIpc) is 3.43. The minimum absolute atomic E-state index is 0.0331. The fraction of sp³-hybridized carbons (Fsp3) is 0.185. The normalized spacial score (nSPS) is 14.7. The minimum atomic E-state index is -0.513. The van der Waals surface area contributed by atoms with Crippen LogP contribution in [-0.2, 0) is 6.61 Å². The molecule has 1 atom stereocenters. The van der Waals surface area contributed by atoms with Crippen molar-refractivity contribution in [2.75, 3.05) is 7.11 Å². The molecular formula is C27H23BrN4O3S. The molecule has 3 N–H and O–H groups in total. The van der Waals surface area contributed by atoms with E-state index in [1.165, 1.54) is 4.88 Å². The summed E-state index contributed by atoms with van der Waals surface area (Å²) in [6.45, 7) is 4.51. The fourth-order valence-electron chi connectivity index (χ4n) is 4.44. The highest BCUT2D eigenvalue weighted by Crippen LogP contribution is 2.49. The molecule has 0 bridgehead atoms. The lowest BCUT2D eigenvalue weighted by Crippen LogP contribution is -2.21. The number of aromatic nitrogens is 2. The minimum Gasteiger partial charge on any atom is -0.493 e. The van der Waals surface area contributed by atoms with Crippen LogP contribution in [0.3, 0.4) is 0 Å². The first kappa shape index (κ1) is 24.0. The molecule has 5 rings (SSSR count). The van der Waals surface area contributed by atoms with Crippen LogP contribution in [0.25, 0.3) is 11.3 Å². The lowest BCUT2D eigenvalue weighted by Gasteiger charge is -2.25. The van der Waals surface area contributed by atoms with Crippen molar-refractivity contribution < 1.29 is 14.2 Å². The molecule has 0 spiro atoms. The lowest BCUT2D eigenvalue weighted by atomic mass is 9.83. The molecule has 0 aliphatic carbocycles. The number of methoxy groups -OCH3 is 1. The van der Waals surface area contributed by atoms with Crippen LogP contribution in [0.4, 0.5) is 0 Å². The largest absolute Gasteiger partial charge is 0.493 e. The summed E-state index contributed by atoms with van der Waals surface area (Å²) < 4.78 is 18.3. The molecule has 3 heterocycles. The number of rotatable bonds is 6. The summed E-state index contributed by atoms with van der Waals surface area (Å²) in [7, 11) is 1.59. The van der Waals surface area contributed by atoms with Crippen LogP contribution >= 0.6 is 27.3 Å². The Hall–Kier alpha value is -3.74. The van der Waals surface area contributed by atoms with E-state index in [4.69, 9.17) is 19.9 Å². The molecule has 36 heavy (non-hydrogen) atoms. The number of hydrogen-bond donors (Lipinski definition) is 2. The second-order valence-electron chi connectivity index (χ2n) is 8.38. The fourth-order valence-corrected chi connectivity index (χ4v) is 5.94. The van der Waals surface area contributed by atoms with Gasteiger partial charge in [-0.05, 0) is 59.1 Å². The summed E-state index contributed by atoms with van der Waals surface area (Å²) in [5, 5.41) is 17.6. The summed E-state index contributed by atoms with van der Waals surface area (Å²) in [6, 6.07) is 18.1. The van der Waals surface area contributed by atoms with Gasteiger partial charge in [-0.3, -0.25) is 5.10 Å². The molecule has 1 aliphatic rings. The maximum Gasteiger partial charge on any atom is 0.244 e. The first-order chi connectivity index (χ1) is 17.4. The monoisotopic (exact) mass is 562 g/mol. The molecule has 0 fully saturated rings. The van der Waals surface area contributed by atoms with Crippen molar-refractivity contribution in [3.05, 3.63) is 90.9 Å². The predicted molar refractivity (Wildman–Crippen MR) is 142 cm³/mol. The van der Waals surface area contributed by atoms with E-state index < -0.39 is 5.92 Å². The molecule has 0 saturated heterocycles. The number of fused-ring (bicyclic) bond motifs is 1. The van der Waals surface area contributed by atoms with Gasteiger partial charge in [-0.1, -0.05) is 30.3 Å². The maximum absolute atomic E-state index is 10.1. The third-order valence-corrected chi connectivity index (χ3v) is 7.62. The molecule has 2 aromatic heterocycles. The van der Waals surface area contributed by atoms with Gasteiger partial charge in [-0.25, -0.2) is 0 Å². The number of halogens is 1. The molecule has 4 aromatic rings. The van der Waals surface area contributed by atoms with Gasteiger partial charge in [0.1, 0.15) is 18.2 Å². The van der Waals surface area contributed by atoms with E-state index in [-0.39, 0.29) is 5.88 Å². The number of H-pyrrole nitrogens is 1. The number of allylic oxidation sites excluding steroid dienone is 1. The van der Waals surface area contributed by atoms with Crippen LogP contribution in [0.1, 0.15) is 32.4 Å². The number of benzene rings is 2. The number of nitrogens with two attached hydrogens (primary N) is 1. The van der Waals surface area contributed by atoms with Gasteiger partial charge in [0.15, 0.2) is 11.5 Å². The molecule has 1 aliphatic heterocycles. The summed E-state index contributed by atoms with van der Waals surface area (Å²) in [5.74, 6) is 0.983. The number of thiophene rings is 1. The van der Waals surface area contributed by atoms with Crippen molar-refractivity contribution in [1.29, 1.82) is 5.26 Å². The van der Waals surface area contributed by atoms with Gasteiger partial charge in [0.2, 0.25) is 11.8 Å². The first-order valence-electron chi connectivity index (χ1n) is 11.2. The molecule has 7 nitrogen and oxygen atoms in total. The molecule has 0 unspecified atom stereocenters. The Morgan fingerprint density at radius 1 is 1.22 bits per heavy atom. The van der Waals surface area contributed by atoms with Crippen molar-refractivity contribution in [1.82, 2.24) is 10.2 Å². The topological polar surface area (TPSA) is 106 Å². The Bertz CT molecular complexity index is 1520. The molecule has 0 amide bonds. The number of aryl methyl sites for hydroxylation is 2. The van der Waals surface area contributed by atoms with Gasteiger partial charge >= 0.3 is 0 Å². The Balaban J connectivity index is 1.62. The van der Waals surface area contributed by atoms with Crippen LogP contribution in [0, 0.1) is 25.2 Å². The van der Waals surface area contributed by atoms with Crippen LogP contribution in [-0.4, -0.2) is 17.3 Å². The van der Waals surface area contributed by atoms with Crippen LogP contribution < -0.4 is 19.9 Å².